The van der Waals surface area contributed by atoms with Gasteiger partial charge in [-0.3, -0.25) is 0 Å². The van der Waals surface area contributed by atoms with Gasteiger partial charge in [-0.25, -0.2) is 0 Å². The molecule has 0 aromatic carbocycles. The Balaban J connectivity index is 0.969. The fourth-order valence-electron chi connectivity index (χ4n) is 12.4. The van der Waals surface area contributed by atoms with Gasteiger partial charge in [0.25, 0.3) is 0 Å². The van der Waals surface area contributed by atoms with E-state index in [0.717, 1.165) is 5.57 Å². The van der Waals surface area contributed by atoms with Crippen molar-refractivity contribution in [1.82, 2.24) is 0 Å². The maximum Gasteiger partial charge on any atom is 0.187 e. The smallest absolute Gasteiger partial charge is 0.187 e. The van der Waals surface area contributed by atoms with Gasteiger partial charge < -0.3 is 78.4 Å². The zero-order valence-corrected chi connectivity index (χ0v) is 35.6. The Morgan fingerprint density at radius 2 is 1.33 bits per heavy atom. The van der Waals surface area contributed by atoms with Gasteiger partial charge in [0, 0.05) is 40.1 Å². The summed E-state index contributed by atoms with van der Waals surface area (Å²) in [5.74, 6) is -0.468. The molecule has 3 aliphatic heterocycles. The van der Waals surface area contributed by atoms with Crippen LogP contribution in [0, 0.1) is 16.7 Å². The fourth-order valence-corrected chi connectivity index (χ4v) is 12.4. The summed E-state index contributed by atoms with van der Waals surface area (Å²) in [4.78, 5) is 0. The second-order valence-electron chi connectivity index (χ2n) is 18.9. The average Bonchev–Trinajstić information content (AvgIpc) is 3.41. The highest BCUT2D eigenvalue weighted by Gasteiger charge is 2.80. The van der Waals surface area contributed by atoms with Crippen molar-refractivity contribution in [3.05, 3.63) is 11.6 Å². The van der Waals surface area contributed by atoms with E-state index in [1.54, 1.807) is 28.1 Å². The van der Waals surface area contributed by atoms with Crippen LogP contribution in [0.5, 0.6) is 0 Å². The van der Waals surface area contributed by atoms with Crippen LogP contribution in [0.4, 0.5) is 0 Å². The second kappa shape index (κ2) is 16.3. The molecule has 3 heterocycles. The van der Waals surface area contributed by atoms with Crippen molar-refractivity contribution in [1.29, 1.82) is 0 Å². The monoisotopic (exact) mass is 830 g/mol. The predicted molar refractivity (Wildman–Crippen MR) is 204 cm³/mol. The molecule has 4 aliphatic carbocycles. The van der Waals surface area contributed by atoms with Crippen LogP contribution in [-0.4, -0.2) is 172 Å². The van der Waals surface area contributed by atoms with Gasteiger partial charge in [0.05, 0.1) is 54.2 Å². The second-order valence-corrected chi connectivity index (χ2v) is 18.9. The zero-order valence-electron chi connectivity index (χ0n) is 35.6. The highest BCUT2D eigenvalue weighted by molar-refractivity contribution is 5.36. The molecule has 0 bridgehead atoms. The van der Waals surface area contributed by atoms with Crippen LogP contribution in [0.25, 0.3) is 0 Å². The molecule has 0 aromatic heterocycles. The largest absolute Gasteiger partial charge is 0.392 e. The highest BCUT2D eigenvalue weighted by Crippen LogP contribution is 2.70. The molecule has 7 rings (SSSR count). The van der Waals surface area contributed by atoms with E-state index in [9.17, 15) is 35.7 Å². The van der Waals surface area contributed by atoms with E-state index in [0.29, 0.717) is 32.1 Å². The van der Waals surface area contributed by atoms with Crippen molar-refractivity contribution in [2.45, 2.75) is 214 Å². The molecule has 7 N–H and O–H groups in total. The maximum atomic E-state index is 12.5. The molecule has 0 aromatic rings. The van der Waals surface area contributed by atoms with Crippen LogP contribution < -0.4 is 0 Å². The van der Waals surface area contributed by atoms with Crippen molar-refractivity contribution >= 4 is 0 Å². The Labute approximate surface area is 342 Å². The van der Waals surface area contributed by atoms with Gasteiger partial charge in [-0.15, -0.1) is 0 Å². The molecule has 6 fully saturated rings. The molecule has 16 nitrogen and oxygen atoms in total. The normalized spacial score (nSPS) is 55.2. The summed E-state index contributed by atoms with van der Waals surface area (Å²) in [6, 6.07) is 0. The van der Waals surface area contributed by atoms with Crippen LogP contribution in [0.2, 0.25) is 0 Å². The third kappa shape index (κ3) is 6.88. The molecule has 22 atom stereocenters. The Bertz CT molecular complexity index is 1480. The lowest BCUT2D eigenvalue weighted by Gasteiger charge is -2.67. The van der Waals surface area contributed by atoms with Crippen LogP contribution in [0.3, 0.4) is 0 Å². The molecular formula is C42H70O16. The quantitative estimate of drug-likeness (QED) is 0.154. The molecule has 0 spiro atoms. The SMILES string of the molecule is COC1CC(OC2CCC3(C)C(=CCC4(O)C3CC(O)C3(C)C(O)(C(C)O)CCC43O)C2)OC(C)C1OC1CC(OC)C(OC2OC(C)C(O)C(OC)C2O)C(C)O1. The van der Waals surface area contributed by atoms with E-state index in [-0.39, 0.29) is 37.9 Å². The number of fused-ring (bicyclic) bond motifs is 5. The maximum absolute atomic E-state index is 12.5. The van der Waals surface area contributed by atoms with Gasteiger partial charge in [-0.1, -0.05) is 25.5 Å². The summed E-state index contributed by atoms with van der Waals surface area (Å²) in [6.07, 6.45) is -6.32. The van der Waals surface area contributed by atoms with Crippen molar-refractivity contribution < 1.29 is 78.4 Å². The zero-order chi connectivity index (χ0) is 42.3. The van der Waals surface area contributed by atoms with Crippen LogP contribution >= 0.6 is 0 Å². The molecule has 7 aliphatic rings. The Morgan fingerprint density at radius 3 is 1.91 bits per heavy atom. The molecule has 0 radical (unpaired) electrons. The van der Waals surface area contributed by atoms with E-state index >= 15 is 0 Å². The summed E-state index contributed by atoms with van der Waals surface area (Å²) >= 11 is 0. The molecule has 58 heavy (non-hydrogen) atoms. The number of rotatable bonds is 10. The molecule has 3 saturated heterocycles. The summed E-state index contributed by atoms with van der Waals surface area (Å²) < 4.78 is 55.1. The number of methoxy groups -OCH3 is 3. The number of ether oxygens (including phenoxy) is 9. The average molecular weight is 831 g/mol. The van der Waals surface area contributed by atoms with Crippen LogP contribution in [-0.2, 0) is 42.6 Å². The Hall–Kier alpha value is -0.900. The van der Waals surface area contributed by atoms with Crippen LogP contribution in [0.15, 0.2) is 11.6 Å². The standard InChI is InChI=1S/C42H70O16/c1-20-32(45)36(52-9)33(46)37(55-20)58-35-22(3)54-31(18-27(35)51-8)57-34-21(2)53-30(17-26(34)50-7)56-25-11-12-38(5)24(16-25)10-13-41(48)28(38)19-29(44)39(6)40(47,23(4)43)14-15-42(39,41)49/h10,20-23,25-37,43-49H,11-19H2,1-9H3. The third-order valence-electron chi connectivity index (χ3n) is 16.2. The lowest BCUT2D eigenvalue weighted by molar-refractivity contribution is -0.352. The van der Waals surface area contributed by atoms with E-state index in [1.807, 2.05) is 19.9 Å². The third-order valence-corrected chi connectivity index (χ3v) is 16.2. The van der Waals surface area contributed by atoms with Gasteiger partial charge in [0.1, 0.15) is 47.3 Å². The first-order valence-corrected chi connectivity index (χ1v) is 21.3. The minimum absolute atomic E-state index is 0.0681. The Morgan fingerprint density at radius 1 is 0.724 bits per heavy atom. The number of hydrogen-bond donors (Lipinski definition) is 7. The minimum Gasteiger partial charge on any atom is -0.392 e. The molecular weight excluding hydrogens is 760 g/mol. The van der Waals surface area contributed by atoms with E-state index < -0.39 is 120 Å². The molecule has 3 saturated carbocycles. The van der Waals surface area contributed by atoms with Crippen LogP contribution in [0.1, 0.15) is 99.3 Å². The number of aliphatic hydroxyl groups excluding tert-OH is 4. The van der Waals surface area contributed by atoms with Gasteiger partial charge in [0.2, 0.25) is 0 Å². The first-order valence-electron chi connectivity index (χ1n) is 21.3. The first kappa shape index (κ1) is 45.1. The summed E-state index contributed by atoms with van der Waals surface area (Å²) in [7, 11) is 4.63. The topological polar surface area (TPSA) is 225 Å². The predicted octanol–water partition coefficient (Wildman–Crippen LogP) is 1.20. The summed E-state index contributed by atoms with van der Waals surface area (Å²) in [5.41, 5.74) is -6.09. The summed E-state index contributed by atoms with van der Waals surface area (Å²) in [6.45, 7) is 10.6. The van der Waals surface area contributed by atoms with Crippen molar-refractivity contribution in [2.75, 3.05) is 21.3 Å². The first-order chi connectivity index (χ1) is 27.2. The lowest BCUT2D eigenvalue weighted by atomic mass is 9.42. The van der Waals surface area contributed by atoms with Gasteiger partial charge >= 0.3 is 0 Å². The minimum atomic E-state index is -1.81. The van der Waals surface area contributed by atoms with Gasteiger partial charge in [-0.05, 0) is 78.1 Å². The van der Waals surface area contributed by atoms with E-state index in [2.05, 4.69) is 6.92 Å². The van der Waals surface area contributed by atoms with Crippen molar-refractivity contribution in [2.24, 2.45) is 16.7 Å². The molecule has 22 unspecified atom stereocenters. The molecule has 16 heteroatoms. The van der Waals surface area contributed by atoms with Crippen molar-refractivity contribution in [3.8, 4) is 0 Å². The van der Waals surface area contributed by atoms with E-state index in [4.69, 9.17) is 42.6 Å². The van der Waals surface area contributed by atoms with Crippen molar-refractivity contribution in [3.63, 3.8) is 0 Å². The van der Waals surface area contributed by atoms with Gasteiger partial charge in [-0.2, -0.15) is 0 Å². The fraction of sp³-hybridized carbons (Fsp3) is 0.952. The highest BCUT2D eigenvalue weighted by atomic mass is 16.8. The number of aliphatic hydroxyl groups is 7. The summed E-state index contributed by atoms with van der Waals surface area (Å²) in [5, 5.41) is 80.1. The van der Waals surface area contributed by atoms with E-state index in [1.165, 1.54) is 14.0 Å². The van der Waals surface area contributed by atoms with Gasteiger partial charge in [0.15, 0.2) is 18.9 Å². The Kier molecular flexibility index (Phi) is 12.7. The molecule has 334 valence electrons. The number of hydrogen-bond acceptors (Lipinski definition) is 16. The molecule has 0 amide bonds. The lowest BCUT2D eigenvalue weighted by Crippen LogP contribution is -2.78.